The van der Waals surface area contributed by atoms with Crippen molar-refractivity contribution < 1.29 is 0 Å². The van der Waals surface area contributed by atoms with Crippen LogP contribution in [0.2, 0.25) is 0 Å². The first-order chi connectivity index (χ1) is 8.82. The first-order valence-corrected chi connectivity index (χ1v) is 7.29. The van der Waals surface area contributed by atoms with Gasteiger partial charge in [0.15, 0.2) is 0 Å². The maximum atomic E-state index is 4.57. The van der Waals surface area contributed by atoms with E-state index in [1.165, 1.54) is 17.8 Å². The molecule has 0 amide bonds. The molecule has 1 aromatic heterocycles. The summed E-state index contributed by atoms with van der Waals surface area (Å²) in [6, 6.07) is 0.494. The van der Waals surface area contributed by atoms with Crippen LogP contribution in [0.25, 0.3) is 0 Å². The van der Waals surface area contributed by atoms with Gasteiger partial charge in [-0.25, -0.2) is 0 Å². The van der Waals surface area contributed by atoms with Crippen molar-refractivity contribution in [1.82, 2.24) is 15.1 Å². The second-order valence-electron chi connectivity index (χ2n) is 6.15. The normalized spacial score (nSPS) is 11.6. The van der Waals surface area contributed by atoms with Crippen molar-refractivity contribution in [2.24, 2.45) is 13.0 Å². The predicted octanol–water partition coefficient (Wildman–Crippen LogP) is 2.71. The lowest BCUT2D eigenvalue weighted by atomic mass is 10.1. The van der Waals surface area contributed by atoms with E-state index in [1.807, 2.05) is 11.7 Å². The number of anilines is 1. The molecule has 1 rings (SSSR count). The fourth-order valence-corrected chi connectivity index (χ4v) is 2.24. The van der Waals surface area contributed by atoms with E-state index in [2.05, 4.69) is 57.0 Å². The zero-order chi connectivity index (χ0) is 14.6. The molecular weight excluding hydrogens is 236 g/mol. The Bertz CT molecular complexity index is 393. The molecule has 4 heteroatoms. The third-order valence-corrected chi connectivity index (χ3v) is 3.40. The Morgan fingerprint density at radius 2 is 1.89 bits per heavy atom. The van der Waals surface area contributed by atoms with Crippen LogP contribution in [-0.4, -0.2) is 29.4 Å². The van der Waals surface area contributed by atoms with Crippen molar-refractivity contribution in [2.45, 2.75) is 53.6 Å². The quantitative estimate of drug-likeness (QED) is 0.824. The fraction of sp³-hybridized carbons (Fsp3) is 0.800. The summed E-state index contributed by atoms with van der Waals surface area (Å²) in [6.07, 6.45) is 1.21. The molecule has 1 N–H and O–H groups in total. The molecule has 0 bridgehead atoms. The van der Waals surface area contributed by atoms with E-state index in [0.717, 1.165) is 24.7 Å². The summed E-state index contributed by atoms with van der Waals surface area (Å²) in [5, 5.41) is 8.07. The summed E-state index contributed by atoms with van der Waals surface area (Å²) < 4.78 is 2.01. The predicted molar refractivity (Wildman–Crippen MR) is 82.6 cm³/mol. The van der Waals surface area contributed by atoms with Crippen LogP contribution >= 0.6 is 0 Å². The highest BCUT2D eigenvalue weighted by atomic mass is 15.4. The summed E-state index contributed by atoms with van der Waals surface area (Å²) in [5.41, 5.74) is 2.45. The monoisotopic (exact) mass is 266 g/mol. The maximum absolute atomic E-state index is 4.57. The largest absolute Gasteiger partial charge is 0.360 e. The number of rotatable bonds is 7. The molecule has 0 saturated carbocycles. The molecule has 0 aromatic carbocycles. The SMILES string of the molecule is Cc1nn(C)c(N(C)CCC(C)C)c1CNC(C)C. The highest BCUT2D eigenvalue weighted by molar-refractivity contribution is 5.49. The van der Waals surface area contributed by atoms with E-state index in [-0.39, 0.29) is 0 Å². The Morgan fingerprint density at radius 1 is 1.26 bits per heavy atom. The average molecular weight is 266 g/mol. The summed E-state index contributed by atoms with van der Waals surface area (Å²) in [5.74, 6) is 1.97. The molecular formula is C15H30N4. The second-order valence-corrected chi connectivity index (χ2v) is 6.15. The molecule has 0 fully saturated rings. The van der Waals surface area contributed by atoms with Gasteiger partial charge in [-0.1, -0.05) is 27.7 Å². The van der Waals surface area contributed by atoms with Crippen LogP contribution < -0.4 is 10.2 Å². The molecule has 0 saturated heterocycles. The van der Waals surface area contributed by atoms with Gasteiger partial charge >= 0.3 is 0 Å². The van der Waals surface area contributed by atoms with Crippen LogP contribution in [0, 0.1) is 12.8 Å². The van der Waals surface area contributed by atoms with Crippen molar-refractivity contribution in [3.8, 4) is 0 Å². The molecule has 4 nitrogen and oxygen atoms in total. The zero-order valence-electron chi connectivity index (χ0n) is 13.6. The Labute approximate surface area is 118 Å². The molecule has 0 atom stereocenters. The van der Waals surface area contributed by atoms with Crippen LogP contribution in [-0.2, 0) is 13.6 Å². The standard InChI is InChI=1S/C15H30N4/c1-11(2)8-9-18(6)15-14(10-16-12(3)4)13(5)17-19(15)7/h11-12,16H,8-10H2,1-7H3. The maximum Gasteiger partial charge on any atom is 0.131 e. The number of nitrogens with one attached hydrogen (secondary N) is 1. The van der Waals surface area contributed by atoms with E-state index in [4.69, 9.17) is 0 Å². The minimum absolute atomic E-state index is 0.494. The summed E-state index contributed by atoms with van der Waals surface area (Å²) in [4.78, 5) is 2.33. The fourth-order valence-electron chi connectivity index (χ4n) is 2.24. The van der Waals surface area contributed by atoms with Gasteiger partial charge in [0.2, 0.25) is 0 Å². The first-order valence-electron chi connectivity index (χ1n) is 7.29. The molecule has 1 heterocycles. The van der Waals surface area contributed by atoms with Crippen LogP contribution in [0.4, 0.5) is 5.82 Å². The Hall–Kier alpha value is -1.03. The van der Waals surface area contributed by atoms with Gasteiger partial charge in [0.05, 0.1) is 5.69 Å². The van der Waals surface area contributed by atoms with Crippen molar-refractivity contribution >= 4 is 5.82 Å². The van der Waals surface area contributed by atoms with Gasteiger partial charge in [0, 0.05) is 38.8 Å². The lowest BCUT2D eigenvalue weighted by molar-refractivity contribution is 0.571. The van der Waals surface area contributed by atoms with Gasteiger partial charge in [-0.05, 0) is 19.3 Å². The van der Waals surface area contributed by atoms with E-state index >= 15 is 0 Å². The van der Waals surface area contributed by atoms with E-state index in [0.29, 0.717) is 6.04 Å². The minimum atomic E-state index is 0.494. The van der Waals surface area contributed by atoms with Gasteiger partial charge in [-0.2, -0.15) is 5.10 Å². The second kappa shape index (κ2) is 6.94. The Balaban J connectivity index is 2.85. The Kier molecular flexibility index (Phi) is 5.85. The molecule has 0 aliphatic rings. The smallest absolute Gasteiger partial charge is 0.131 e. The highest BCUT2D eigenvalue weighted by Gasteiger charge is 2.17. The number of hydrogen-bond acceptors (Lipinski definition) is 3. The van der Waals surface area contributed by atoms with Crippen molar-refractivity contribution in [3.63, 3.8) is 0 Å². The van der Waals surface area contributed by atoms with Crippen LogP contribution in [0.3, 0.4) is 0 Å². The molecule has 1 aromatic rings. The summed E-state index contributed by atoms with van der Waals surface area (Å²) >= 11 is 0. The minimum Gasteiger partial charge on any atom is -0.360 e. The van der Waals surface area contributed by atoms with Gasteiger partial charge in [-0.15, -0.1) is 0 Å². The molecule has 0 unspecified atom stereocenters. The number of aryl methyl sites for hydroxylation is 2. The van der Waals surface area contributed by atoms with E-state index in [9.17, 15) is 0 Å². The molecule has 0 aliphatic heterocycles. The van der Waals surface area contributed by atoms with Crippen molar-refractivity contribution in [3.05, 3.63) is 11.3 Å². The zero-order valence-corrected chi connectivity index (χ0v) is 13.6. The third-order valence-electron chi connectivity index (χ3n) is 3.40. The van der Waals surface area contributed by atoms with Crippen LogP contribution in [0.1, 0.15) is 45.4 Å². The molecule has 0 radical (unpaired) electrons. The molecule has 110 valence electrons. The third kappa shape index (κ3) is 4.53. The molecule has 19 heavy (non-hydrogen) atoms. The van der Waals surface area contributed by atoms with Crippen LogP contribution in [0.15, 0.2) is 0 Å². The van der Waals surface area contributed by atoms with E-state index < -0.39 is 0 Å². The lowest BCUT2D eigenvalue weighted by Gasteiger charge is -2.22. The summed E-state index contributed by atoms with van der Waals surface area (Å²) in [7, 11) is 4.20. The van der Waals surface area contributed by atoms with Gasteiger partial charge < -0.3 is 10.2 Å². The average Bonchev–Trinajstić information content (AvgIpc) is 2.58. The Morgan fingerprint density at radius 3 is 2.42 bits per heavy atom. The molecule has 0 spiro atoms. The summed E-state index contributed by atoms with van der Waals surface area (Å²) in [6.45, 7) is 12.9. The first kappa shape index (κ1) is 16.0. The number of aromatic nitrogens is 2. The lowest BCUT2D eigenvalue weighted by Crippen LogP contribution is -2.26. The van der Waals surface area contributed by atoms with Gasteiger partial charge in [-0.3, -0.25) is 4.68 Å². The van der Waals surface area contributed by atoms with Gasteiger partial charge in [0.25, 0.3) is 0 Å². The van der Waals surface area contributed by atoms with Crippen molar-refractivity contribution in [1.29, 1.82) is 0 Å². The topological polar surface area (TPSA) is 33.1 Å². The molecule has 0 aliphatic carbocycles. The number of hydrogen-bond donors (Lipinski definition) is 1. The van der Waals surface area contributed by atoms with Crippen LogP contribution in [0.5, 0.6) is 0 Å². The van der Waals surface area contributed by atoms with Crippen molar-refractivity contribution in [2.75, 3.05) is 18.5 Å². The van der Waals surface area contributed by atoms with Gasteiger partial charge in [0.1, 0.15) is 5.82 Å². The van der Waals surface area contributed by atoms with E-state index in [1.54, 1.807) is 0 Å². The highest BCUT2D eigenvalue weighted by Crippen LogP contribution is 2.23. The number of nitrogens with zero attached hydrogens (tertiary/aromatic N) is 3.